The van der Waals surface area contributed by atoms with Crippen molar-refractivity contribution in [3.8, 4) is 0 Å². The predicted molar refractivity (Wildman–Crippen MR) is 101 cm³/mol. The largest absolute Gasteiger partial charge is 0.440 e. The summed E-state index contributed by atoms with van der Waals surface area (Å²) in [5.74, 6) is 1.21. The number of carbonyl (C=O) groups is 1. The summed E-state index contributed by atoms with van der Waals surface area (Å²) in [5.41, 5.74) is 2.51. The lowest BCUT2D eigenvalue weighted by Gasteiger charge is -2.30. The Morgan fingerprint density at radius 1 is 1.12 bits per heavy atom. The van der Waals surface area contributed by atoms with Gasteiger partial charge in [-0.3, -0.25) is 4.79 Å². The van der Waals surface area contributed by atoms with Gasteiger partial charge in [0.25, 0.3) is 5.91 Å². The summed E-state index contributed by atoms with van der Waals surface area (Å²) in [5, 5.41) is 0. The van der Waals surface area contributed by atoms with Crippen LogP contribution >= 0.6 is 22.6 Å². The van der Waals surface area contributed by atoms with E-state index in [0.29, 0.717) is 0 Å². The number of piperidine rings is 1. The molecule has 1 amide bonds. The highest BCUT2D eigenvalue weighted by Crippen LogP contribution is 2.30. The number of oxazole rings is 1. The lowest BCUT2D eigenvalue weighted by molar-refractivity contribution is 0.0706. The van der Waals surface area contributed by atoms with E-state index in [-0.39, 0.29) is 11.8 Å². The maximum absolute atomic E-state index is 12.6. The number of aromatic nitrogens is 1. The van der Waals surface area contributed by atoms with Crippen LogP contribution in [0, 0.1) is 3.57 Å². The zero-order chi connectivity index (χ0) is 16.5. The molecule has 4 nitrogen and oxygen atoms in total. The zero-order valence-corrected chi connectivity index (χ0v) is 15.3. The molecule has 0 atom stereocenters. The van der Waals surface area contributed by atoms with E-state index in [1.165, 1.54) is 0 Å². The molecule has 0 saturated carbocycles. The quantitative estimate of drug-likeness (QED) is 0.563. The molecule has 0 unspecified atom stereocenters. The van der Waals surface area contributed by atoms with Crippen molar-refractivity contribution in [3.63, 3.8) is 0 Å². The van der Waals surface area contributed by atoms with Crippen LogP contribution < -0.4 is 0 Å². The summed E-state index contributed by atoms with van der Waals surface area (Å²) in [7, 11) is 0. The number of benzene rings is 2. The lowest BCUT2D eigenvalue weighted by Crippen LogP contribution is -2.38. The number of fused-ring (bicyclic) bond motifs is 1. The fourth-order valence-corrected chi connectivity index (χ4v) is 3.74. The molecule has 0 N–H and O–H groups in total. The van der Waals surface area contributed by atoms with Crippen molar-refractivity contribution in [2.45, 2.75) is 18.8 Å². The third kappa shape index (κ3) is 3.05. The van der Waals surface area contributed by atoms with Gasteiger partial charge in [-0.1, -0.05) is 18.2 Å². The Morgan fingerprint density at radius 2 is 1.92 bits per heavy atom. The predicted octanol–water partition coefficient (Wildman–Crippen LogP) is 4.45. The number of nitrogens with zero attached hydrogens (tertiary/aromatic N) is 2. The van der Waals surface area contributed by atoms with E-state index in [2.05, 4.69) is 27.6 Å². The summed E-state index contributed by atoms with van der Waals surface area (Å²) >= 11 is 2.24. The second kappa shape index (κ2) is 6.55. The number of halogens is 1. The molecule has 0 aliphatic carbocycles. The first-order valence-electron chi connectivity index (χ1n) is 8.11. The van der Waals surface area contributed by atoms with Gasteiger partial charge in [0.1, 0.15) is 5.52 Å². The highest BCUT2D eigenvalue weighted by molar-refractivity contribution is 14.1. The molecular formula is C19H17IN2O2. The number of rotatable bonds is 2. The van der Waals surface area contributed by atoms with Gasteiger partial charge in [-0.2, -0.15) is 0 Å². The van der Waals surface area contributed by atoms with Crippen molar-refractivity contribution >= 4 is 39.6 Å². The molecule has 1 saturated heterocycles. The molecule has 2 aromatic carbocycles. The minimum atomic E-state index is 0.115. The molecule has 3 aromatic rings. The molecule has 1 aliphatic heterocycles. The van der Waals surface area contributed by atoms with Crippen LogP contribution in [0.5, 0.6) is 0 Å². The van der Waals surface area contributed by atoms with Crippen LogP contribution in [-0.2, 0) is 0 Å². The monoisotopic (exact) mass is 432 g/mol. The summed E-state index contributed by atoms with van der Waals surface area (Å²) in [4.78, 5) is 19.2. The van der Waals surface area contributed by atoms with Crippen molar-refractivity contribution in [3.05, 3.63) is 63.6 Å². The SMILES string of the molecule is O=C(c1cccc(I)c1)N1CCC(c2nc3ccccc3o2)CC1. The third-order valence-electron chi connectivity index (χ3n) is 4.51. The number of para-hydroxylation sites is 2. The van der Waals surface area contributed by atoms with E-state index in [1.54, 1.807) is 0 Å². The van der Waals surface area contributed by atoms with Gasteiger partial charge in [-0.05, 0) is 65.8 Å². The normalized spacial score (nSPS) is 15.8. The second-order valence-electron chi connectivity index (χ2n) is 6.10. The van der Waals surface area contributed by atoms with Crippen molar-refractivity contribution in [1.29, 1.82) is 0 Å². The van der Waals surface area contributed by atoms with E-state index in [9.17, 15) is 4.79 Å². The fraction of sp³-hybridized carbons (Fsp3) is 0.263. The van der Waals surface area contributed by atoms with Crippen LogP contribution in [-0.4, -0.2) is 28.9 Å². The smallest absolute Gasteiger partial charge is 0.253 e. The number of likely N-dealkylation sites (tertiary alicyclic amines) is 1. The molecule has 0 radical (unpaired) electrons. The van der Waals surface area contributed by atoms with Crippen molar-refractivity contribution in [2.75, 3.05) is 13.1 Å². The first-order chi connectivity index (χ1) is 11.7. The zero-order valence-electron chi connectivity index (χ0n) is 13.1. The summed E-state index contributed by atoms with van der Waals surface area (Å²) < 4.78 is 6.97. The van der Waals surface area contributed by atoms with Crippen LogP contribution in [0.1, 0.15) is 35.0 Å². The first-order valence-corrected chi connectivity index (χ1v) is 9.19. The Labute approximate surface area is 154 Å². The molecule has 5 heteroatoms. The maximum atomic E-state index is 12.6. The molecular weight excluding hydrogens is 415 g/mol. The highest BCUT2D eigenvalue weighted by Gasteiger charge is 2.27. The minimum Gasteiger partial charge on any atom is -0.440 e. The first kappa shape index (κ1) is 15.6. The van der Waals surface area contributed by atoms with Crippen LogP contribution in [0.3, 0.4) is 0 Å². The summed E-state index contributed by atoms with van der Waals surface area (Å²) in [6, 6.07) is 15.6. The average molecular weight is 432 g/mol. The van der Waals surface area contributed by atoms with Gasteiger partial charge in [0, 0.05) is 28.1 Å². The summed E-state index contributed by atoms with van der Waals surface area (Å²) in [6.07, 6.45) is 1.78. The van der Waals surface area contributed by atoms with Gasteiger partial charge in [0.15, 0.2) is 11.5 Å². The summed E-state index contributed by atoms with van der Waals surface area (Å²) in [6.45, 7) is 1.49. The van der Waals surface area contributed by atoms with Crippen LogP contribution in [0.4, 0.5) is 0 Å². The maximum Gasteiger partial charge on any atom is 0.253 e. The van der Waals surface area contributed by atoms with Crippen LogP contribution in [0.2, 0.25) is 0 Å². The number of carbonyl (C=O) groups excluding carboxylic acids is 1. The minimum absolute atomic E-state index is 0.115. The molecule has 24 heavy (non-hydrogen) atoms. The molecule has 1 aliphatic rings. The molecule has 4 rings (SSSR count). The average Bonchev–Trinajstić information content (AvgIpc) is 3.05. The van der Waals surface area contributed by atoms with Gasteiger partial charge in [-0.15, -0.1) is 0 Å². The van der Waals surface area contributed by atoms with E-state index in [4.69, 9.17) is 4.42 Å². The highest BCUT2D eigenvalue weighted by atomic mass is 127. The van der Waals surface area contributed by atoms with E-state index >= 15 is 0 Å². The number of hydrogen-bond donors (Lipinski definition) is 0. The Balaban J connectivity index is 1.45. The topological polar surface area (TPSA) is 46.3 Å². The van der Waals surface area contributed by atoms with Gasteiger partial charge in [0.05, 0.1) is 0 Å². The molecule has 122 valence electrons. The lowest BCUT2D eigenvalue weighted by atomic mass is 9.96. The van der Waals surface area contributed by atoms with Crippen LogP contribution in [0.15, 0.2) is 52.9 Å². The Morgan fingerprint density at radius 3 is 2.67 bits per heavy atom. The fourth-order valence-electron chi connectivity index (χ4n) is 3.20. The Bertz CT molecular complexity index is 849. The van der Waals surface area contributed by atoms with Gasteiger partial charge in [0.2, 0.25) is 0 Å². The second-order valence-corrected chi connectivity index (χ2v) is 7.34. The van der Waals surface area contributed by atoms with E-state index < -0.39 is 0 Å². The molecule has 0 bridgehead atoms. The standard InChI is InChI=1S/C19H17IN2O2/c20-15-5-3-4-14(12-15)19(23)22-10-8-13(9-11-22)18-21-16-6-1-2-7-17(16)24-18/h1-7,12-13H,8-11H2. The van der Waals surface area contributed by atoms with Crippen molar-refractivity contribution in [2.24, 2.45) is 0 Å². The van der Waals surface area contributed by atoms with E-state index in [1.807, 2.05) is 53.4 Å². The van der Waals surface area contributed by atoms with Crippen molar-refractivity contribution in [1.82, 2.24) is 9.88 Å². The van der Waals surface area contributed by atoms with E-state index in [0.717, 1.165) is 52.1 Å². The molecule has 1 fully saturated rings. The van der Waals surface area contributed by atoms with Gasteiger partial charge >= 0.3 is 0 Å². The third-order valence-corrected chi connectivity index (χ3v) is 5.18. The molecule has 1 aromatic heterocycles. The number of amides is 1. The van der Waals surface area contributed by atoms with Gasteiger partial charge < -0.3 is 9.32 Å². The molecule has 2 heterocycles. The van der Waals surface area contributed by atoms with Gasteiger partial charge in [-0.25, -0.2) is 4.98 Å². The number of hydrogen-bond acceptors (Lipinski definition) is 3. The van der Waals surface area contributed by atoms with Crippen LogP contribution in [0.25, 0.3) is 11.1 Å². The Hall–Kier alpha value is -1.89. The Kier molecular flexibility index (Phi) is 4.26. The molecule has 0 spiro atoms. The van der Waals surface area contributed by atoms with Crippen molar-refractivity contribution < 1.29 is 9.21 Å².